The first-order valence-corrected chi connectivity index (χ1v) is 4.66. The maximum Gasteiger partial charge on any atom is 0.150 e. The number of Topliss-reactive ketones (excluding diaryl/α,β-unsaturated/α-hetero) is 3. The van der Waals surface area contributed by atoms with E-state index in [2.05, 4.69) is 0 Å². The van der Waals surface area contributed by atoms with Crippen molar-refractivity contribution in [3.05, 3.63) is 0 Å². The zero-order valence-corrected chi connectivity index (χ0v) is 7.84. The van der Waals surface area contributed by atoms with Gasteiger partial charge in [-0.2, -0.15) is 0 Å². The van der Waals surface area contributed by atoms with Crippen molar-refractivity contribution in [2.75, 3.05) is 0 Å². The molecule has 1 rings (SSSR count). The standard InChI is InChI=1S/C10H14O3/c1-7(11)6-10(13)8-4-2-3-5-9(8)12/h8H,2-6H2,1H3. The van der Waals surface area contributed by atoms with Gasteiger partial charge in [0.2, 0.25) is 0 Å². The van der Waals surface area contributed by atoms with Gasteiger partial charge in [-0.1, -0.05) is 6.42 Å². The van der Waals surface area contributed by atoms with Gasteiger partial charge in [0.1, 0.15) is 11.6 Å². The van der Waals surface area contributed by atoms with Crippen LogP contribution in [0, 0.1) is 5.92 Å². The molecule has 0 aromatic rings. The second kappa shape index (κ2) is 4.30. The van der Waals surface area contributed by atoms with E-state index in [9.17, 15) is 14.4 Å². The Hall–Kier alpha value is -0.990. The molecule has 1 saturated carbocycles. The largest absolute Gasteiger partial charge is 0.300 e. The summed E-state index contributed by atoms with van der Waals surface area (Å²) in [5, 5.41) is 0. The maximum absolute atomic E-state index is 11.4. The lowest BCUT2D eigenvalue weighted by Gasteiger charge is -2.18. The van der Waals surface area contributed by atoms with E-state index in [-0.39, 0.29) is 23.8 Å². The van der Waals surface area contributed by atoms with Crippen molar-refractivity contribution < 1.29 is 14.4 Å². The van der Waals surface area contributed by atoms with Crippen LogP contribution in [0.3, 0.4) is 0 Å². The summed E-state index contributed by atoms with van der Waals surface area (Å²) in [6.07, 6.45) is 2.90. The highest BCUT2D eigenvalue weighted by Crippen LogP contribution is 2.22. The average molecular weight is 182 g/mol. The summed E-state index contributed by atoms with van der Waals surface area (Å²) in [5.41, 5.74) is 0. The van der Waals surface area contributed by atoms with Gasteiger partial charge in [0, 0.05) is 6.42 Å². The molecule has 0 saturated heterocycles. The van der Waals surface area contributed by atoms with Crippen LogP contribution in [0.1, 0.15) is 39.0 Å². The number of hydrogen-bond acceptors (Lipinski definition) is 3. The van der Waals surface area contributed by atoms with Gasteiger partial charge >= 0.3 is 0 Å². The van der Waals surface area contributed by atoms with Crippen molar-refractivity contribution in [1.29, 1.82) is 0 Å². The Labute approximate surface area is 77.5 Å². The SMILES string of the molecule is CC(=O)CC(=O)C1CCCCC1=O. The van der Waals surface area contributed by atoms with Crippen molar-refractivity contribution in [3.63, 3.8) is 0 Å². The molecule has 3 heteroatoms. The second-order valence-electron chi connectivity index (χ2n) is 3.61. The summed E-state index contributed by atoms with van der Waals surface area (Å²) >= 11 is 0. The average Bonchev–Trinajstić information content (AvgIpc) is 2.03. The van der Waals surface area contributed by atoms with E-state index in [0.717, 1.165) is 12.8 Å². The molecule has 1 aliphatic carbocycles. The van der Waals surface area contributed by atoms with Gasteiger partial charge < -0.3 is 0 Å². The summed E-state index contributed by atoms with van der Waals surface area (Å²) < 4.78 is 0. The first-order valence-electron chi connectivity index (χ1n) is 4.66. The molecule has 72 valence electrons. The number of carbonyl (C=O) groups excluding carboxylic acids is 3. The molecule has 13 heavy (non-hydrogen) atoms. The highest BCUT2D eigenvalue weighted by Gasteiger charge is 2.28. The fourth-order valence-electron chi connectivity index (χ4n) is 1.69. The first kappa shape index (κ1) is 10.1. The Balaban J connectivity index is 2.53. The molecule has 3 nitrogen and oxygen atoms in total. The van der Waals surface area contributed by atoms with Gasteiger partial charge in [-0.25, -0.2) is 0 Å². The molecule has 0 aliphatic heterocycles. The summed E-state index contributed by atoms with van der Waals surface area (Å²) in [7, 11) is 0. The Morgan fingerprint density at radius 2 is 2.08 bits per heavy atom. The van der Waals surface area contributed by atoms with Crippen LogP contribution in [0.15, 0.2) is 0 Å². The summed E-state index contributed by atoms with van der Waals surface area (Å²) in [6.45, 7) is 1.38. The Bertz CT molecular complexity index is 243. The smallest absolute Gasteiger partial charge is 0.150 e. The number of carbonyl (C=O) groups is 3. The molecule has 0 N–H and O–H groups in total. The molecule has 0 radical (unpaired) electrons. The van der Waals surface area contributed by atoms with E-state index in [0.29, 0.717) is 12.8 Å². The van der Waals surface area contributed by atoms with Crippen LogP contribution >= 0.6 is 0 Å². The van der Waals surface area contributed by atoms with Gasteiger partial charge in [0.15, 0.2) is 5.78 Å². The highest BCUT2D eigenvalue weighted by molar-refractivity contribution is 6.09. The fraction of sp³-hybridized carbons (Fsp3) is 0.700. The van der Waals surface area contributed by atoms with E-state index >= 15 is 0 Å². The van der Waals surface area contributed by atoms with Crippen molar-refractivity contribution >= 4 is 17.3 Å². The molecular weight excluding hydrogens is 168 g/mol. The summed E-state index contributed by atoms with van der Waals surface area (Å²) in [4.78, 5) is 33.3. The van der Waals surface area contributed by atoms with Crippen molar-refractivity contribution in [2.45, 2.75) is 39.0 Å². The van der Waals surface area contributed by atoms with Crippen LogP contribution in [0.4, 0.5) is 0 Å². The van der Waals surface area contributed by atoms with Crippen molar-refractivity contribution in [3.8, 4) is 0 Å². The minimum atomic E-state index is -0.474. The molecule has 0 aromatic heterocycles. The van der Waals surface area contributed by atoms with E-state index in [1.807, 2.05) is 0 Å². The van der Waals surface area contributed by atoms with Crippen LogP contribution in [0.25, 0.3) is 0 Å². The Kier molecular flexibility index (Phi) is 3.34. The molecule has 0 aromatic carbocycles. The van der Waals surface area contributed by atoms with Crippen LogP contribution in [-0.4, -0.2) is 17.3 Å². The molecule has 1 aliphatic rings. The molecular formula is C10H14O3. The second-order valence-corrected chi connectivity index (χ2v) is 3.61. The highest BCUT2D eigenvalue weighted by atomic mass is 16.2. The topological polar surface area (TPSA) is 51.2 Å². The van der Waals surface area contributed by atoms with Crippen LogP contribution in [0.2, 0.25) is 0 Å². The molecule has 0 bridgehead atoms. The fourth-order valence-corrected chi connectivity index (χ4v) is 1.69. The van der Waals surface area contributed by atoms with Gasteiger partial charge in [-0.3, -0.25) is 14.4 Å². The first-order chi connectivity index (χ1) is 6.11. The minimum absolute atomic E-state index is 0.0255. The number of ketones is 3. The number of hydrogen-bond donors (Lipinski definition) is 0. The predicted molar refractivity (Wildman–Crippen MR) is 47.3 cm³/mol. The summed E-state index contributed by atoms with van der Waals surface area (Å²) in [5.74, 6) is -0.782. The molecule has 0 amide bonds. The van der Waals surface area contributed by atoms with E-state index in [1.165, 1.54) is 6.92 Å². The zero-order chi connectivity index (χ0) is 9.84. The monoisotopic (exact) mass is 182 g/mol. The third-order valence-electron chi connectivity index (χ3n) is 2.37. The Morgan fingerprint density at radius 3 is 2.62 bits per heavy atom. The maximum atomic E-state index is 11.4. The van der Waals surface area contributed by atoms with Gasteiger partial charge in [-0.15, -0.1) is 0 Å². The lowest BCUT2D eigenvalue weighted by Crippen LogP contribution is -2.28. The van der Waals surface area contributed by atoms with Crippen molar-refractivity contribution in [2.24, 2.45) is 5.92 Å². The zero-order valence-electron chi connectivity index (χ0n) is 7.84. The molecule has 1 atom stereocenters. The molecule has 0 spiro atoms. The summed E-state index contributed by atoms with van der Waals surface area (Å²) in [6, 6.07) is 0. The lowest BCUT2D eigenvalue weighted by atomic mass is 9.83. The quantitative estimate of drug-likeness (QED) is 0.618. The Morgan fingerprint density at radius 1 is 1.38 bits per heavy atom. The van der Waals surface area contributed by atoms with Crippen molar-refractivity contribution in [1.82, 2.24) is 0 Å². The molecule has 0 heterocycles. The van der Waals surface area contributed by atoms with Crippen LogP contribution in [0.5, 0.6) is 0 Å². The normalized spacial score (nSPS) is 22.8. The van der Waals surface area contributed by atoms with E-state index in [1.54, 1.807) is 0 Å². The third kappa shape index (κ3) is 2.76. The van der Waals surface area contributed by atoms with Gasteiger partial charge in [0.25, 0.3) is 0 Å². The van der Waals surface area contributed by atoms with E-state index in [4.69, 9.17) is 0 Å². The minimum Gasteiger partial charge on any atom is -0.300 e. The number of rotatable bonds is 3. The molecule has 1 unspecified atom stereocenters. The van der Waals surface area contributed by atoms with E-state index < -0.39 is 5.92 Å². The molecule has 1 fully saturated rings. The van der Waals surface area contributed by atoms with Crippen LogP contribution in [-0.2, 0) is 14.4 Å². The lowest BCUT2D eigenvalue weighted by molar-refractivity contribution is -0.135. The van der Waals surface area contributed by atoms with Gasteiger partial charge in [-0.05, 0) is 19.8 Å². The van der Waals surface area contributed by atoms with Crippen LogP contribution < -0.4 is 0 Å². The van der Waals surface area contributed by atoms with Gasteiger partial charge in [0.05, 0.1) is 12.3 Å². The predicted octanol–water partition coefficient (Wildman–Crippen LogP) is 1.29. The third-order valence-corrected chi connectivity index (χ3v) is 2.37.